The predicted molar refractivity (Wildman–Crippen MR) is 146 cm³/mol. The first-order valence-corrected chi connectivity index (χ1v) is 16.9. The van der Waals surface area contributed by atoms with Crippen LogP contribution in [0.25, 0.3) is 0 Å². The zero-order valence-corrected chi connectivity index (χ0v) is 22.2. The molecule has 2 heterocycles. The number of hydrogen-bond donors (Lipinski definition) is 0. The molecule has 2 aromatic carbocycles. The molecule has 0 amide bonds. The molecule has 0 saturated carbocycles. The molecule has 2 aliphatic rings. The van der Waals surface area contributed by atoms with Crippen LogP contribution in [0.2, 0.25) is 25.7 Å². The number of thiophene rings is 1. The normalized spacial score (nSPS) is 21.4. The number of allylic oxidation sites excluding steroid dienone is 1. The maximum Gasteiger partial charge on any atom is 0.135 e. The van der Waals surface area contributed by atoms with E-state index in [-0.39, 0.29) is 17.4 Å². The predicted octanol–water partition coefficient (Wildman–Crippen LogP) is 7.34. The molecule has 0 radical (unpaired) electrons. The van der Waals surface area contributed by atoms with E-state index in [9.17, 15) is 0 Å². The number of nitrogens with zero attached hydrogens (tertiary/aromatic N) is 2. The minimum atomic E-state index is -1.12. The number of hydrazone groups is 1. The Kier molecular flexibility index (Phi) is 6.60. The van der Waals surface area contributed by atoms with E-state index in [1.807, 2.05) is 0 Å². The van der Waals surface area contributed by atoms with Crippen LogP contribution in [0.3, 0.4) is 0 Å². The summed E-state index contributed by atoms with van der Waals surface area (Å²) in [7, 11) is -1.12. The molecule has 2 atom stereocenters. The summed E-state index contributed by atoms with van der Waals surface area (Å²) in [6, 6.07) is 25.4. The van der Waals surface area contributed by atoms with E-state index in [1.54, 1.807) is 11.3 Å². The van der Waals surface area contributed by atoms with Crippen LogP contribution < -0.4 is 0 Å². The highest BCUT2D eigenvalue weighted by atomic mass is 32.1. The van der Waals surface area contributed by atoms with E-state index in [0.717, 1.165) is 13.0 Å². The Labute approximate surface area is 208 Å². The average molecular weight is 487 g/mol. The molecule has 1 aliphatic heterocycles. The van der Waals surface area contributed by atoms with E-state index in [2.05, 4.69) is 114 Å². The van der Waals surface area contributed by atoms with E-state index in [4.69, 9.17) is 9.84 Å². The molecule has 3 nitrogen and oxygen atoms in total. The second-order valence-electron chi connectivity index (χ2n) is 10.6. The van der Waals surface area contributed by atoms with E-state index in [1.165, 1.54) is 28.4 Å². The molecular formula is C29H34N2OSSi. The van der Waals surface area contributed by atoms with Gasteiger partial charge in [-0.3, -0.25) is 5.01 Å². The highest BCUT2D eigenvalue weighted by Crippen LogP contribution is 2.48. The van der Waals surface area contributed by atoms with Gasteiger partial charge in [0, 0.05) is 38.1 Å². The summed E-state index contributed by atoms with van der Waals surface area (Å²) in [6.07, 6.45) is 5.73. The molecule has 0 fully saturated rings. The van der Waals surface area contributed by atoms with Gasteiger partial charge in [0.05, 0.1) is 6.04 Å². The summed E-state index contributed by atoms with van der Waals surface area (Å²) in [4.78, 5) is 0. The summed E-state index contributed by atoms with van der Waals surface area (Å²) in [5, 5.41) is 11.8. The summed E-state index contributed by atoms with van der Waals surface area (Å²) in [6.45, 7) is 8.54. The standard InChI is InChI=1S/C29H34N2OSSi/c1-34(2,3)19-17-32-22-31-28(23-15-18-33-21-23)26-14-16-29(20-27(26)30-31,24-10-6-4-7-11-24)25-12-8-5-9-13-25/h4-16,18,21,26,28H,17,19-20,22H2,1-3H3. The molecule has 5 heteroatoms. The van der Waals surface area contributed by atoms with Crippen molar-refractivity contribution in [3.05, 3.63) is 106 Å². The quantitative estimate of drug-likeness (QED) is 0.189. The van der Waals surface area contributed by atoms with Gasteiger partial charge in [-0.1, -0.05) is 92.5 Å². The monoisotopic (exact) mass is 486 g/mol. The van der Waals surface area contributed by atoms with Crippen molar-refractivity contribution in [2.75, 3.05) is 13.3 Å². The number of hydrogen-bond acceptors (Lipinski definition) is 4. The first-order chi connectivity index (χ1) is 16.5. The second-order valence-corrected chi connectivity index (χ2v) is 17.0. The Balaban J connectivity index is 1.48. The fourth-order valence-corrected chi connectivity index (χ4v) is 6.59. The van der Waals surface area contributed by atoms with Crippen molar-refractivity contribution in [2.45, 2.75) is 43.6 Å². The van der Waals surface area contributed by atoms with Gasteiger partial charge in [0.1, 0.15) is 6.73 Å². The number of benzene rings is 2. The van der Waals surface area contributed by atoms with Gasteiger partial charge in [-0.15, -0.1) is 0 Å². The van der Waals surface area contributed by atoms with Gasteiger partial charge in [-0.05, 0) is 39.6 Å². The molecule has 34 heavy (non-hydrogen) atoms. The van der Waals surface area contributed by atoms with E-state index >= 15 is 0 Å². The Hall–Kier alpha value is -2.47. The van der Waals surface area contributed by atoms with Gasteiger partial charge in [-0.25, -0.2) is 0 Å². The number of ether oxygens (including phenoxy) is 1. The van der Waals surface area contributed by atoms with Crippen LogP contribution in [0.15, 0.2) is 94.7 Å². The average Bonchev–Trinajstić information content (AvgIpc) is 3.49. The Morgan fingerprint density at radius 3 is 2.26 bits per heavy atom. The Bertz CT molecular complexity index is 1100. The van der Waals surface area contributed by atoms with E-state index < -0.39 is 8.07 Å². The summed E-state index contributed by atoms with van der Waals surface area (Å²) < 4.78 is 6.18. The summed E-state index contributed by atoms with van der Waals surface area (Å²) in [5.74, 6) is 0.274. The molecule has 3 aromatic rings. The van der Waals surface area contributed by atoms with Crippen LogP contribution in [-0.4, -0.2) is 32.1 Å². The third kappa shape index (κ3) is 4.70. The summed E-state index contributed by atoms with van der Waals surface area (Å²) >= 11 is 1.76. The Morgan fingerprint density at radius 2 is 1.68 bits per heavy atom. The van der Waals surface area contributed by atoms with Crippen molar-refractivity contribution in [1.29, 1.82) is 0 Å². The summed E-state index contributed by atoms with van der Waals surface area (Å²) in [5.41, 5.74) is 5.01. The minimum Gasteiger partial charge on any atom is -0.360 e. The molecular weight excluding hydrogens is 452 g/mol. The van der Waals surface area contributed by atoms with Gasteiger partial charge >= 0.3 is 0 Å². The number of rotatable bonds is 8. The second kappa shape index (κ2) is 9.65. The van der Waals surface area contributed by atoms with Crippen LogP contribution >= 0.6 is 11.3 Å². The Morgan fingerprint density at radius 1 is 1.00 bits per heavy atom. The van der Waals surface area contributed by atoms with Gasteiger partial charge in [0.15, 0.2) is 0 Å². The molecule has 0 bridgehead atoms. The smallest absolute Gasteiger partial charge is 0.135 e. The van der Waals surface area contributed by atoms with Crippen molar-refractivity contribution >= 4 is 25.1 Å². The lowest BCUT2D eigenvalue weighted by Crippen LogP contribution is -2.35. The largest absolute Gasteiger partial charge is 0.360 e. The molecule has 0 spiro atoms. The third-order valence-electron chi connectivity index (χ3n) is 7.03. The lowest BCUT2D eigenvalue weighted by Gasteiger charge is -2.37. The van der Waals surface area contributed by atoms with Crippen molar-refractivity contribution in [2.24, 2.45) is 11.0 Å². The van der Waals surface area contributed by atoms with Crippen LogP contribution in [-0.2, 0) is 10.2 Å². The molecule has 0 saturated heterocycles. The van der Waals surface area contributed by atoms with Gasteiger partial charge in [-0.2, -0.15) is 16.4 Å². The zero-order valence-electron chi connectivity index (χ0n) is 20.4. The van der Waals surface area contributed by atoms with Crippen molar-refractivity contribution in [1.82, 2.24) is 5.01 Å². The molecule has 176 valence electrons. The first-order valence-electron chi connectivity index (χ1n) is 12.2. The van der Waals surface area contributed by atoms with Crippen LogP contribution in [0.4, 0.5) is 0 Å². The zero-order chi connectivity index (χ0) is 23.6. The molecule has 5 rings (SSSR count). The highest BCUT2D eigenvalue weighted by Gasteiger charge is 2.45. The minimum absolute atomic E-state index is 0.203. The SMILES string of the molecule is C[Si](C)(C)CCOCN1N=C2CC(c3ccccc3)(c3ccccc3)C=CC2C1c1ccsc1. The maximum absolute atomic E-state index is 6.18. The third-order valence-corrected chi connectivity index (χ3v) is 9.44. The van der Waals surface area contributed by atoms with Crippen molar-refractivity contribution in [3.63, 3.8) is 0 Å². The topological polar surface area (TPSA) is 24.8 Å². The van der Waals surface area contributed by atoms with Crippen LogP contribution in [0, 0.1) is 5.92 Å². The first kappa shape index (κ1) is 23.3. The van der Waals surface area contributed by atoms with Gasteiger partial charge in [0.2, 0.25) is 0 Å². The molecule has 1 aromatic heterocycles. The lowest BCUT2D eigenvalue weighted by molar-refractivity contribution is 0.0149. The van der Waals surface area contributed by atoms with Gasteiger partial charge in [0.25, 0.3) is 0 Å². The van der Waals surface area contributed by atoms with Crippen molar-refractivity contribution < 1.29 is 4.74 Å². The van der Waals surface area contributed by atoms with Crippen LogP contribution in [0.5, 0.6) is 0 Å². The fourth-order valence-electron chi connectivity index (χ4n) is 5.15. The van der Waals surface area contributed by atoms with Crippen molar-refractivity contribution in [3.8, 4) is 0 Å². The maximum atomic E-state index is 6.18. The van der Waals surface area contributed by atoms with Gasteiger partial charge < -0.3 is 4.74 Å². The number of fused-ring (bicyclic) bond motifs is 1. The molecule has 0 N–H and O–H groups in total. The fraction of sp³-hybridized carbons (Fsp3) is 0.345. The highest BCUT2D eigenvalue weighted by molar-refractivity contribution is 7.08. The molecule has 2 unspecified atom stereocenters. The van der Waals surface area contributed by atoms with E-state index in [0.29, 0.717) is 6.73 Å². The molecule has 1 aliphatic carbocycles. The van der Waals surface area contributed by atoms with Crippen LogP contribution in [0.1, 0.15) is 29.2 Å². The lowest BCUT2D eigenvalue weighted by atomic mass is 9.65.